The zero-order chi connectivity index (χ0) is 11.7. The molecule has 1 fully saturated rings. The minimum Gasteiger partial charge on any atom is -0.0839 e. The molecule has 1 heteroatoms. The molecular weight excluding hydrogens is 272 g/mol. The molecule has 3 rings (SSSR count). The van der Waals surface area contributed by atoms with Gasteiger partial charge in [-0.25, -0.2) is 0 Å². The Hall–Kier alpha value is -0.300. The molecule has 0 saturated heterocycles. The largest absolute Gasteiger partial charge is 0.0839 e. The van der Waals surface area contributed by atoms with E-state index in [0.29, 0.717) is 4.83 Å². The number of alkyl halides is 1. The van der Waals surface area contributed by atoms with Crippen molar-refractivity contribution in [2.45, 2.75) is 56.2 Å². The number of benzene rings is 1. The summed E-state index contributed by atoms with van der Waals surface area (Å²) >= 11 is 3.89. The van der Waals surface area contributed by atoms with Gasteiger partial charge in [-0.05, 0) is 54.7 Å². The highest BCUT2D eigenvalue weighted by molar-refractivity contribution is 9.09. The van der Waals surface area contributed by atoms with E-state index in [2.05, 4.69) is 34.1 Å². The second-order valence-corrected chi connectivity index (χ2v) is 6.84. The number of hydrogen-bond acceptors (Lipinski definition) is 0. The van der Waals surface area contributed by atoms with E-state index in [-0.39, 0.29) is 0 Å². The van der Waals surface area contributed by atoms with Crippen molar-refractivity contribution in [1.29, 1.82) is 0 Å². The molecular formula is C16H21Br. The first-order valence-corrected chi connectivity index (χ1v) is 8.00. The van der Waals surface area contributed by atoms with Crippen LogP contribution >= 0.6 is 15.9 Å². The smallest absolute Gasteiger partial charge is 0.0398 e. The van der Waals surface area contributed by atoms with E-state index in [4.69, 9.17) is 0 Å². The van der Waals surface area contributed by atoms with Gasteiger partial charge in [0.2, 0.25) is 0 Å². The Bertz CT molecular complexity index is 393. The average molecular weight is 293 g/mol. The van der Waals surface area contributed by atoms with Crippen LogP contribution in [0.25, 0.3) is 0 Å². The van der Waals surface area contributed by atoms with Crippen LogP contribution in [0.2, 0.25) is 0 Å². The highest BCUT2D eigenvalue weighted by Crippen LogP contribution is 2.39. The zero-order valence-electron chi connectivity index (χ0n) is 10.4. The molecule has 0 bridgehead atoms. The third-order valence-corrected chi connectivity index (χ3v) is 5.40. The highest BCUT2D eigenvalue weighted by atomic mass is 79.9. The first-order valence-electron chi connectivity index (χ1n) is 7.09. The summed E-state index contributed by atoms with van der Waals surface area (Å²) in [6.45, 7) is 0. The molecule has 1 aromatic rings. The van der Waals surface area contributed by atoms with E-state index in [0.717, 1.165) is 5.92 Å². The molecule has 1 saturated carbocycles. The van der Waals surface area contributed by atoms with Gasteiger partial charge < -0.3 is 0 Å². The van der Waals surface area contributed by atoms with Gasteiger partial charge in [-0.15, -0.1) is 0 Å². The van der Waals surface area contributed by atoms with Crippen molar-refractivity contribution in [3.8, 4) is 0 Å². The van der Waals surface area contributed by atoms with E-state index in [1.807, 2.05) is 0 Å². The standard InChI is InChI=1S/C16H21Br/c17-16(10-12-4-3-5-12)15-9-8-13-6-1-2-7-14(13)11-15/h8-9,11-12,16H,1-7,10H2. The lowest BCUT2D eigenvalue weighted by Crippen LogP contribution is -2.13. The van der Waals surface area contributed by atoms with Crippen LogP contribution < -0.4 is 0 Å². The Labute approximate surface area is 113 Å². The SMILES string of the molecule is BrC(CC1CCC1)c1ccc2c(c1)CCCC2. The van der Waals surface area contributed by atoms with E-state index < -0.39 is 0 Å². The molecule has 1 aromatic carbocycles. The molecule has 0 aliphatic heterocycles. The van der Waals surface area contributed by atoms with Crippen molar-refractivity contribution >= 4 is 15.9 Å². The van der Waals surface area contributed by atoms with E-state index in [9.17, 15) is 0 Å². The second kappa shape index (κ2) is 5.14. The van der Waals surface area contributed by atoms with Crippen LogP contribution in [0, 0.1) is 5.92 Å². The van der Waals surface area contributed by atoms with Crippen molar-refractivity contribution in [2.75, 3.05) is 0 Å². The molecule has 2 aliphatic rings. The first kappa shape index (κ1) is 11.8. The monoisotopic (exact) mass is 292 g/mol. The summed E-state index contributed by atoms with van der Waals surface area (Å²) in [5.74, 6) is 0.982. The van der Waals surface area contributed by atoms with E-state index in [1.54, 1.807) is 11.1 Å². The summed E-state index contributed by atoms with van der Waals surface area (Å²) in [6, 6.07) is 7.19. The minimum atomic E-state index is 0.583. The summed E-state index contributed by atoms with van der Waals surface area (Å²) in [6.07, 6.45) is 11.0. The number of aryl methyl sites for hydroxylation is 2. The summed E-state index contributed by atoms with van der Waals surface area (Å²) in [5, 5.41) is 0. The molecule has 1 atom stereocenters. The fourth-order valence-corrected chi connectivity index (χ4v) is 3.92. The Kier molecular flexibility index (Phi) is 3.56. The molecule has 2 aliphatic carbocycles. The van der Waals surface area contributed by atoms with Gasteiger partial charge in [0.15, 0.2) is 0 Å². The second-order valence-electron chi connectivity index (χ2n) is 5.74. The fraction of sp³-hybridized carbons (Fsp3) is 0.625. The van der Waals surface area contributed by atoms with Crippen molar-refractivity contribution in [1.82, 2.24) is 0 Å². The van der Waals surface area contributed by atoms with Crippen molar-refractivity contribution in [3.05, 3.63) is 34.9 Å². The van der Waals surface area contributed by atoms with Gasteiger partial charge in [0.05, 0.1) is 0 Å². The third-order valence-electron chi connectivity index (χ3n) is 4.50. The maximum Gasteiger partial charge on any atom is 0.0398 e. The lowest BCUT2D eigenvalue weighted by molar-refractivity contribution is 0.295. The Morgan fingerprint density at radius 3 is 2.53 bits per heavy atom. The quantitative estimate of drug-likeness (QED) is 0.673. The molecule has 0 nitrogen and oxygen atoms in total. The molecule has 0 spiro atoms. The van der Waals surface area contributed by atoms with Gasteiger partial charge in [0, 0.05) is 4.83 Å². The van der Waals surface area contributed by atoms with Crippen molar-refractivity contribution in [2.24, 2.45) is 5.92 Å². The summed E-state index contributed by atoms with van der Waals surface area (Å²) in [7, 11) is 0. The Morgan fingerprint density at radius 1 is 1.06 bits per heavy atom. The first-order chi connectivity index (χ1) is 8.33. The molecule has 92 valence electrons. The number of fused-ring (bicyclic) bond motifs is 1. The van der Waals surface area contributed by atoms with Gasteiger partial charge in [-0.2, -0.15) is 0 Å². The van der Waals surface area contributed by atoms with Gasteiger partial charge in [0.1, 0.15) is 0 Å². The van der Waals surface area contributed by atoms with Crippen molar-refractivity contribution < 1.29 is 0 Å². The third kappa shape index (κ3) is 2.59. The topological polar surface area (TPSA) is 0 Å². The molecule has 0 radical (unpaired) electrons. The lowest BCUT2D eigenvalue weighted by atomic mass is 9.81. The predicted octanol–water partition coefficient (Wildman–Crippen LogP) is 5.19. The molecule has 0 heterocycles. The molecule has 1 unspecified atom stereocenters. The van der Waals surface area contributed by atoms with Crippen molar-refractivity contribution in [3.63, 3.8) is 0 Å². The maximum absolute atomic E-state index is 3.89. The van der Waals surface area contributed by atoms with Crippen LogP contribution in [0.15, 0.2) is 18.2 Å². The van der Waals surface area contributed by atoms with Gasteiger partial charge >= 0.3 is 0 Å². The summed E-state index contributed by atoms with van der Waals surface area (Å²) < 4.78 is 0. The van der Waals surface area contributed by atoms with Crippen LogP contribution in [-0.2, 0) is 12.8 Å². The average Bonchev–Trinajstić information content (AvgIpc) is 2.33. The molecule has 0 amide bonds. The summed E-state index contributed by atoms with van der Waals surface area (Å²) in [4.78, 5) is 0.583. The van der Waals surface area contributed by atoms with Gasteiger partial charge in [-0.1, -0.05) is 53.4 Å². The Morgan fingerprint density at radius 2 is 1.82 bits per heavy atom. The van der Waals surface area contributed by atoms with E-state index >= 15 is 0 Å². The minimum absolute atomic E-state index is 0.583. The molecule has 0 aromatic heterocycles. The zero-order valence-corrected chi connectivity index (χ0v) is 12.0. The Balaban J connectivity index is 1.73. The predicted molar refractivity (Wildman–Crippen MR) is 76.7 cm³/mol. The van der Waals surface area contributed by atoms with E-state index in [1.165, 1.54) is 56.9 Å². The molecule has 17 heavy (non-hydrogen) atoms. The lowest BCUT2D eigenvalue weighted by Gasteiger charge is -2.28. The maximum atomic E-state index is 3.89. The van der Waals surface area contributed by atoms with Gasteiger partial charge in [-0.3, -0.25) is 0 Å². The number of hydrogen-bond donors (Lipinski definition) is 0. The van der Waals surface area contributed by atoms with Crippen LogP contribution in [-0.4, -0.2) is 0 Å². The number of halogens is 1. The van der Waals surface area contributed by atoms with Crippen LogP contribution in [0.5, 0.6) is 0 Å². The van der Waals surface area contributed by atoms with Gasteiger partial charge in [0.25, 0.3) is 0 Å². The number of rotatable bonds is 3. The van der Waals surface area contributed by atoms with Crippen LogP contribution in [0.1, 0.15) is 60.0 Å². The summed E-state index contributed by atoms with van der Waals surface area (Å²) in [5.41, 5.74) is 4.73. The normalized spacial score (nSPS) is 21.7. The van der Waals surface area contributed by atoms with Crippen LogP contribution in [0.4, 0.5) is 0 Å². The van der Waals surface area contributed by atoms with Crippen LogP contribution in [0.3, 0.4) is 0 Å². The fourth-order valence-electron chi connectivity index (χ4n) is 3.11. The highest BCUT2D eigenvalue weighted by Gasteiger charge is 2.22. The molecule has 0 N–H and O–H groups in total.